The molecule has 5 heteroatoms. The highest BCUT2D eigenvalue weighted by atomic mass is 16.5. The third-order valence-corrected chi connectivity index (χ3v) is 3.65. The highest BCUT2D eigenvalue weighted by molar-refractivity contribution is 6.04. The molecule has 0 aromatic heterocycles. The molecule has 1 fully saturated rings. The summed E-state index contributed by atoms with van der Waals surface area (Å²) in [5.41, 5.74) is 1.03. The number of carbonyl (C=O) groups excluding carboxylic acids is 2. The molecular formula is C16H22N2O3. The standard InChI is InChI=1S/C16H22N2O3/c1-16(2)15(20)18(10-8-14(19)17-16)13-7-5-4-6-12(13)9-11-21-3/h4-7H,8-11H2,1-3H3,(H,17,19). The van der Waals surface area contributed by atoms with Crippen molar-refractivity contribution in [2.24, 2.45) is 0 Å². The van der Waals surface area contributed by atoms with Gasteiger partial charge in [0.15, 0.2) is 0 Å². The minimum Gasteiger partial charge on any atom is -0.384 e. The van der Waals surface area contributed by atoms with Gasteiger partial charge in [0.1, 0.15) is 5.54 Å². The van der Waals surface area contributed by atoms with Crippen LogP contribution in [-0.2, 0) is 20.7 Å². The monoisotopic (exact) mass is 290 g/mol. The second-order valence-electron chi connectivity index (χ2n) is 5.75. The van der Waals surface area contributed by atoms with Crippen molar-refractivity contribution in [2.75, 3.05) is 25.2 Å². The number of benzene rings is 1. The lowest BCUT2D eigenvalue weighted by Gasteiger charge is -2.30. The minimum absolute atomic E-state index is 0.0850. The summed E-state index contributed by atoms with van der Waals surface area (Å²) in [6.45, 7) is 4.48. The molecule has 0 unspecified atom stereocenters. The number of hydrogen-bond acceptors (Lipinski definition) is 3. The van der Waals surface area contributed by atoms with E-state index in [2.05, 4.69) is 5.32 Å². The van der Waals surface area contributed by atoms with Crippen LogP contribution in [0.1, 0.15) is 25.8 Å². The van der Waals surface area contributed by atoms with Gasteiger partial charge >= 0.3 is 0 Å². The molecule has 0 atom stereocenters. The van der Waals surface area contributed by atoms with Crippen LogP contribution in [-0.4, -0.2) is 37.6 Å². The molecule has 0 saturated carbocycles. The first-order valence-electron chi connectivity index (χ1n) is 7.15. The van der Waals surface area contributed by atoms with Crippen molar-refractivity contribution in [3.8, 4) is 0 Å². The zero-order chi connectivity index (χ0) is 15.5. The molecule has 114 valence electrons. The van der Waals surface area contributed by atoms with Gasteiger partial charge in [-0.05, 0) is 31.9 Å². The van der Waals surface area contributed by atoms with Gasteiger partial charge in [-0.3, -0.25) is 9.59 Å². The second-order valence-corrected chi connectivity index (χ2v) is 5.75. The summed E-state index contributed by atoms with van der Waals surface area (Å²) >= 11 is 0. The van der Waals surface area contributed by atoms with Gasteiger partial charge < -0.3 is 15.0 Å². The summed E-state index contributed by atoms with van der Waals surface area (Å²) in [7, 11) is 1.66. The van der Waals surface area contributed by atoms with Crippen molar-refractivity contribution in [1.82, 2.24) is 5.32 Å². The molecule has 0 bridgehead atoms. The molecule has 0 spiro atoms. The molecule has 5 nitrogen and oxygen atoms in total. The summed E-state index contributed by atoms with van der Waals surface area (Å²) in [4.78, 5) is 26.2. The normalized spacial score (nSPS) is 18.3. The quantitative estimate of drug-likeness (QED) is 0.914. The van der Waals surface area contributed by atoms with E-state index in [1.807, 2.05) is 24.3 Å². The Labute approximate surface area is 125 Å². The van der Waals surface area contributed by atoms with E-state index in [1.54, 1.807) is 25.9 Å². The van der Waals surface area contributed by atoms with Crippen LogP contribution >= 0.6 is 0 Å². The predicted molar refractivity (Wildman–Crippen MR) is 81.2 cm³/mol. The summed E-state index contributed by atoms with van der Waals surface area (Å²) in [5.74, 6) is -0.177. The fraction of sp³-hybridized carbons (Fsp3) is 0.500. The van der Waals surface area contributed by atoms with Gasteiger partial charge in [-0.1, -0.05) is 18.2 Å². The van der Waals surface area contributed by atoms with Crippen LogP contribution in [0.5, 0.6) is 0 Å². The molecule has 1 heterocycles. The van der Waals surface area contributed by atoms with Crippen molar-refractivity contribution in [2.45, 2.75) is 32.2 Å². The van der Waals surface area contributed by atoms with E-state index in [9.17, 15) is 9.59 Å². The Morgan fingerprint density at radius 1 is 1.29 bits per heavy atom. The number of ether oxygens (including phenoxy) is 1. The number of para-hydroxylation sites is 1. The first kappa shape index (κ1) is 15.5. The summed E-state index contributed by atoms with van der Waals surface area (Å²) in [6, 6.07) is 7.78. The fourth-order valence-corrected chi connectivity index (χ4v) is 2.54. The Hall–Kier alpha value is -1.88. The largest absolute Gasteiger partial charge is 0.384 e. The molecule has 0 aliphatic carbocycles. The third kappa shape index (κ3) is 3.42. The maximum absolute atomic E-state index is 12.7. The van der Waals surface area contributed by atoms with Crippen molar-refractivity contribution in [3.63, 3.8) is 0 Å². The second kappa shape index (κ2) is 6.26. The summed E-state index contributed by atoms with van der Waals surface area (Å²) < 4.78 is 5.13. The minimum atomic E-state index is -0.887. The van der Waals surface area contributed by atoms with Crippen LogP contribution in [0.4, 0.5) is 5.69 Å². The number of anilines is 1. The maximum atomic E-state index is 12.7. The molecule has 1 aliphatic rings. The smallest absolute Gasteiger partial charge is 0.252 e. The van der Waals surface area contributed by atoms with Gasteiger partial charge in [-0.25, -0.2) is 0 Å². The van der Waals surface area contributed by atoms with E-state index in [-0.39, 0.29) is 11.8 Å². The van der Waals surface area contributed by atoms with Crippen LogP contribution in [0.15, 0.2) is 24.3 Å². The zero-order valence-electron chi connectivity index (χ0n) is 12.8. The van der Waals surface area contributed by atoms with Crippen molar-refractivity contribution < 1.29 is 14.3 Å². The van der Waals surface area contributed by atoms with Gasteiger partial charge in [-0.2, -0.15) is 0 Å². The lowest BCUT2D eigenvalue weighted by Crippen LogP contribution is -2.53. The number of methoxy groups -OCH3 is 1. The van der Waals surface area contributed by atoms with E-state index in [1.165, 1.54) is 0 Å². The highest BCUT2D eigenvalue weighted by Crippen LogP contribution is 2.25. The molecule has 1 N–H and O–H groups in total. The topological polar surface area (TPSA) is 58.6 Å². The van der Waals surface area contributed by atoms with Crippen LogP contribution in [0.3, 0.4) is 0 Å². The van der Waals surface area contributed by atoms with E-state index < -0.39 is 5.54 Å². The number of nitrogens with zero attached hydrogens (tertiary/aromatic N) is 1. The van der Waals surface area contributed by atoms with Gasteiger partial charge in [-0.15, -0.1) is 0 Å². The number of nitrogens with one attached hydrogen (secondary N) is 1. The Bertz CT molecular complexity index is 540. The Kier molecular flexibility index (Phi) is 4.63. The number of carbonyl (C=O) groups is 2. The van der Waals surface area contributed by atoms with Crippen LogP contribution in [0, 0.1) is 0 Å². The number of hydrogen-bond donors (Lipinski definition) is 1. The molecule has 1 aliphatic heterocycles. The van der Waals surface area contributed by atoms with Gasteiger partial charge in [0, 0.05) is 25.8 Å². The van der Waals surface area contributed by atoms with E-state index in [0.29, 0.717) is 19.6 Å². The molecule has 2 rings (SSSR count). The lowest BCUT2D eigenvalue weighted by atomic mass is 10.0. The van der Waals surface area contributed by atoms with E-state index >= 15 is 0 Å². The first-order chi connectivity index (χ1) is 9.95. The predicted octanol–water partition coefficient (Wildman–Crippen LogP) is 1.51. The first-order valence-corrected chi connectivity index (χ1v) is 7.15. The fourth-order valence-electron chi connectivity index (χ4n) is 2.54. The van der Waals surface area contributed by atoms with E-state index in [4.69, 9.17) is 4.74 Å². The molecule has 0 radical (unpaired) electrons. The average Bonchev–Trinajstić information content (AvgIpc) is 2.54. The van der Waals surface area contributed by atoms with Crippen LogP contribution in [0.2, 0.25) is 0 Å². The Balaban J connectivity index is 2.35. The molecule has 1 aromatic carbocycles. The van der Waals surface area contributed by atoms with Crippen LogP contribution < -0.4 is 10.2 Å². The Morgan fingerprint density at radius 2 is 2.00 bits per heavy atom. The van der Waals surface area contributed by atoms with Crippen molar-refractivity contribution in [3.05, 3.63) is 29.8 Å². The van der Waals surface area contributed by atoms with Gasteiger partial charge in [0.25, 0.3) is 5.91 Å². The van der Waals surface area contributed by atoms with E-state index in [0.717, 1.165) is 17.7 Å². The molecule has 2 amide bonds. The lowest BCUT2D eigenvalue weighted by molar-refractivity contribution is -0.128. The number of amides is 2. The molecule has 1 aromatic rings. The van der Waals surface area contributed by atoms with Crippen molar-refractivity contribution in [1.29, 1.82) is 0 Å². The Morgan fingerprint density at radius 3 is 2.71 bits per heavy atom. The van der Waals surface area contributed by atoms with Crippen LogP contribution in [0.25, 0.3) is 0 Å². The summed E-state index contributed by atoms with van der Waals surface area (Å²) in [6.07, 6.45) is 1.05. The molecular weight excluding hydrogens is 268 g/mol. The summed E-state index contributed by atoms with van der Waals surface area (Å²) in [5, 5.41) is 2.78. The average molecular weight is 290 g/mol. The zero-order valence-corrected chi connectivity index (χ0v) is 12.8. The SMILES string of the molecule is COCCc1ccccc1N1CCC(=O)NC(C)(C)C1=O. The molecule has 21 heavy (non-hydrogen) atoms. The number of rotatable bonds is 4. The maximum Gasteiger partial charge on any atom is 0.252 e. The highest BCUT2D eigenvalue weighted by Gasteiger charge is 2.37. The molecule has 1 saturated heterocycles. The van der Waals surface area contributed by atoms with Gasteiger partial charge in [0.05, 0.1) is 6.61 Å². The van der Waals surface area contributed by atoms with Crippen molar-refractivity contribution >= 4 is 17.5 Å². The third-order valence-electron chi connectivity index (χ3n) is 3.65. The van der Waals surface area contributed by atoms with Gasteiger partial charge in [0.2, 0.25) is 5.91 Å².